The number of hydrogen-bond acceptors (Lipinski definition) is 6. The number of fused-ring (bicyclic) bond motifs is 1. The quantitative estimate of drug-likeness (QED) is 0.464. The first-order valence-electron chi connectivity index (χ1n) is 10.1. The number of carbonyl (C=O) groups excluding carboxylic acids is 1. The molecule has 0 unspecified atom stereocenters. The molecule has 4 aromatic rings. The zero-order valence-electron chi connectivity index (χ0n) is 18.3. The lowest BCUT2D eigenvalue weighted by Gasteiger charge is -2.10. The molecule has 0 aliphatic carbocycles. The van der Waals surface area contributed by atoms with Gasteiger partial charge in [-0.1, -0.05) is 0 Å². The fourth-order valence-electron chi connectivity index (χ4n) is 3.30. The molecule has 2 aromatic carbocycles. The summed E-state index contributed by atoms with van der Waals surface area (Å²) in [4.78, 5) is 17.1. The maximum Gasteiger partial charge on any atom is 0.276 e. The highest BCUT2D eigenvalue weighted by Crippen LogP contribution is 2.32. The number of nitrogens with zero attached hydrogens (tertiary/aromatic N) is 3. The van der Waals surface area contributed by atoms with Gasteiger partial charge in [-0.25, -0.2) is 9.50 Å². The maximum absolute atomic E-state index is 12.8. The lowest BCUT2D eigenvalue weighted by molar-refractivity contribution is 0.102. The minimum absolute atomic E-state index is 0.0841. The van der Waals surface area contributed by atoms with E-state index in [1.54, 1.807) is 43.1 Å². The largest absolute Gasteiger partial charge is 0.493 e. The molecule has 0 spiro atoms. The number of hydrogen-bond donors (Lipinski definition) is 1. The predicted octanol–water partition coefficient (Wildman–Crippen LogP) is 4.45. The van der Waals surface area contributed by atoms with Crippen LogP contribution in [0.25, 0.3) is 16.9 Å². The molecule has 4 rings (SSSR count). The average Bonchev–Trinajstić information content (AvgIpc) is 3.24. The van der Waals surface area contributed by atoms with Gasteiger partial charge >= 0.3 is 0 Å². The van der Waals surface area contributed by atoms with Crippen molar-refractivity contribution in [2.75, 3.05) is 19.5 Å². The Balaban J connectivity index is 1.61. The molecule has 2 aromatic heterocycles. The van der Waals surface area contributed by atoms with Crippen LogP contribution in [0.2, 0.25) is 0 Å². The molecule has 32 heavy (non-hydrogen) atoms. The Labute approximate surface area is 185 Å². The van der Waals surface area contributed by atoms with E-state index in [0.29, 0.717) is 22.8 Å². The van der Waals surface area contributed by atoms with Crippen molar-refractivity contribution in [1.29, 1.82) is 0 Å². The van der Waals surface area contributed by atoms with Crippen molar-refractivity contribution in [2.24, 2.45) is 0 Å². The molecule has 0 aliphatic rings. The fourth-order valence-corrected chi connectivity index (χ4v) is 3.30. The van der Waals surface area contributed by atoms with E-state index in [1.165, 1.54) is 0 Å². The Hall–Kier alpha value is -4.07. The number of amides is 1. The number of rotatable bonds is 7. The van der Waals surface area contributed by atoms with Gasteiger partial charge in [-0.2, -0.15) is 5.10 Å². The number of methoxy groups -OCH3 is 2. The first kappa shape index (κ1) is 21.2. The second-order valence-corrected chi connectivity index (χ2v) is 7.34. The third kappa shape index (κ3) is 4.34. The van der Waals surface area contributed by atoms with E-state index in [9.17, 15) is 4.79 Å². The average molecular weight is 432 g/mol. The normalized spacial score (nSPS) is 10.9. The van der Waals surface area contributed by atoms with Crippen molar-refractivity contribution >= 4 is 17.2 Å². The molecule has 2 heterocycles. The first-order valence-corrected chi connectivity index (χ1v) is 10.1. The van der Waals surface area contributed by atoms with Crippen molar-refractivity contribution in [3.63, 3.8) is 0 Å². The molecule has 0 aliphatic heterocycles. The number of aromatic nitrogens is 3. The van der Waals surface area contributed by atoms with Crippen LogP contribution >= 0.6 is 0 Å². The van der Waals surface area contributed by atoms with Gasteiger partial charge < -0.3 is 19.5 Å². The fraction of sp³-hybridized carbons (Fsp3) is 0.208. The second-order valence-electron chi connectivity index (χ2n) is 7.34. The van der Waals surface area contributed by atoms with Crippen molar-refractivity contribution in [3.8, 4) is 28.5 Å². The van der Waals surface area contributed by atoms with Crippen LogP contribution in [0, 0.1) is 0 Å². The minimum Gasteiger partial charge on any atom is -0.493 e. The third-order valence-corrected chi connectivity index (χ3v) is 4.75. The van der Waals surface area contributed by atoms with Crippen molar-refractivity contribution in [3.05, 3.63) is 66.5 Å². The van der Waals surface area contributed by atoms with Crippen molar-refractivity contribution in [2.45, 2.75) is 20.0 Å². The molecule has 0 atom stereocenters. The highest BCUT2D eigenvalue weighted by Gasteiger charge is 2.15. The Bertz CT molecular complexity index is 1250. The summed E-state index contributed by atoms with van der Waals surface area (Å²) in [5, 5.41) is 7.34. The van der Waals surface area contributed by atoms with Gasteiger partial charge in [-0.3, -0.25) is 4.79 Å². The summed E-state index contributed by atoms with van der Waals surface area (Å²) in [6.45, 7) is 3.92. The number of benzene rings is 2. The lowest BCUT2D eigenvalue weighted by Crippen LogP contribution is -2.13. The van der Waals surface area contributed by atoms with Gasteiger partial charge in [0, 0.05) is 23.5 Å². The van der Waals surface area contributed by atoms with E-state index < -0.39 is 0 Å². The highest BCUT2D eigenvalue weighted by atomic mass is 16.5. The molecule has 0 saturated heterocycles. The van der Waals surface area contributed by atoms with Gasteiger partial charge in [0.1, 0.15) is 5.75 Å². The summed E-state index contributed by atoms with van der Waals surface area (Å²) in [5.41, 5.74) is 3.09. The SMILES string of the molecule is COc1ccc(-c2ccnc3cc(C(=O)Nc4ccc(OC(C)C)cc4)nn23)cc1OC. The van der Waals surface area contributed by atoms with Crippen LogP contribution in [0.1, 0.15) is 24.3 Å². The zero-order valence-corrected chi connectivity index (χ0v) is 18.3. The van der Waals surface area contributed by atoms with E-state index in [0.717, 1.165) is 17.0 Å². The van der Waals surface area contributed by atoms with Gasteiger partial charge in [-0.15, -0.1) is 0 Å². The maximum atomic E-state index is 12.8. The van der Waals surface area contributed by atoms with Crippen LogP contribution < -0.4 is 19.5 Å². The number of nitrogens with one attached hydrogen (secondary N) is 1. The van der Waals surface area contributed by atoms with E-state index >= 15 is 0 Å². The summed E-state index contributed by atoms with van der Waals surface area (Å²) in [7, 11) is 3.17. The molecular weight excluding hydrogens is 408 g/mol. The van der Waals surface area contributed by atoms with Crippen LogP contribution in [-0.2, 0) is 0 Å². The Kier molecular flexibility index (Phi) is 5.93. The molecule has 8 heteroatoms. The summed E-state index contributed by atoms with van der Waals surface area (Å²) < 4.78 is 18.0. The molecular formula is C24H24N4O4. The van der Waals surface area contributed by atoms with Crippen molar-refractivity contribution in [1.82, 2.24) is 14.6 Å². The van der Waals surface area contributed by atoms with E-state index in [1.807, 2.05) is 50.2 Å². The smallest absolute Gasteiger partial charge is 0.276 e. The van der Waals surface area contributed by atoms with Gasteiger partial charge in [0.05, 0.1) is 26.0 Å². The molecule has 0 bridgehead atoms. The number of carbonyl (C=O) groups is 1. The van der Waals surface area contributed by atoms with Crippen LogP contribution in [-0.4, -0.2) is 40.8 Å². The standard InChI is InChI=1S/C24H24N4O4/c1-15(2)32-18-8-6-17(7-9-18)26-24(29)19-14-23-25-12-11-20(28(23)27-19)16-5-10-21(30-3)22(13-16)31-4/h5-15H,1-4H3,(H,26,29). The lowest BCUT2D eigenvalue weighted by atomic mass is 10.1. The highest BCUT2D eigenvalue weighted by molar-refractivity contribution is 6.03. The minimum atomic E-state index is -0.328. The Morgan fingerprint density at radius 3 is 2.41 bits per heavy atom. The third-order valence-electron chi connectivity index (χ3n) is 4.75. The van der Waals surface area contributed by atoms with Gasteiger partial charge in [0.25, 0.3) is 5.91 Å². The van der Waals surface area contributed by atoms with Crippen molar-refractivity contribution < 1.29 is 19.0 Å². The van der Waals surface area contributed by atoms with E-state index in [4.69, 9.17) is 14.2 Å². The Morgan fingerprint density at radius 2 is 1.72 bits per heavy atom. The number of ether oxygens (including phenoxy) is 3. The van der Waals surface area contributed by atoms with Gasteiger partial charge in [-0.05, 0) is 62.4 Å². The molecule has 1 amide bonds. The molecule has 164 valence electrons. The first-order chi connectivity index (χ1) is 15.5. The topological polar surface area (TPSA) is 87.0 Å². The summed E-state index contributed by atoms with van der Waals surface area (Å²) in [5.74, 6) is 1.65. The van der Waals surface area contributed by atoms with E-state index in [-0.39, 0.29) is 17.7 Å². The van der Waals surface area contributed by atoms with Gasteiger partial charge in [0.2, 0.25) is 0 Å². The molecule has 0 saturated carbocycles. The predicted molar refractivity (Wildman–Crippen MR) is 122 cm³/mol. The molecule has 0 radical (unpaired) electrons. The summed E-state index contributed by atoms with van der Waals surface area (Å²) in [6.07, 6.45) is 1.76. The van der Waals surface area contributed by atoms with Crippen LogP contribution in [0.15, 0.2) is 60.8 Å². The molecule has 0 fully saturated rings. The van der Waals surface area contributed by atoms with E-state index in [2.05, 4.69) is 15.4 Å². The van der Waals surface area contributed by atoms with Crippen LogP contribution in [0.4, 0.5) is 5.69 Å². The Morgan fingerprint density at radius 1 is 0.969 bits per heavy atom. The molecule has 8 nitrogen and oxygen atoms in total. The van der Waals surface area contributed by atoms with Crippen LogP contribution in [0.3, 0.4) is 0 Å². The van der Waals surface area contributed by atoms with Gasteiger partial charge in [0.15, 0.2) is 22.8 Å². The molecule has 1 N–H and O–H groups in total. The second kappa shape index (κ2) is 8.97. The number of anilines is 1. The zero-order chi connectivity index (χ0) is 22.7. The monoisotopic (exact) mass is 432 g/mol. The summed E-state index contributed by atoms with van der Waals surface area (Å²) in [6, 6.07) is 16.3. The van der Waals surface area contributed by atoms with Crippen LogP contribution in [0.5, 0.6) is 17.2 Å². The summed E-state index contributed by atoms with van der Waals surface area (Å²) >= 11 is 0.